The van der Waals surface area contributed by atoms with E-state index in [-0.39, 0.29) is 0 Å². The van der Waals surface area contributed by atoms with Crippen LogP contribution in [0, 0.1) is 0 Å². The molecule has 0 fully saturated rings. The molecule has 1 N–H and O–H groups in total. The van der Waals surface area contributed by atoms with Crippen LogP contribution in [0.15, 0.2) is 18.6 Å². The Labute approximate surface area is 66.4 Å². The van der Waals surface area contributed by atoms with Gasteiger partial charge in [-0.1, -0.05) is 0 Å². The van der Waals surface area contributed by atoms with Crippen LogP contribution in [0.2, 0.25) is 0 Å². The van der Waals surface area contributed by atoms with E-state index in [9.17, 15) is 0 Å². The summed E-state index contributed by atoms with van der Waals surface area (Å²) in [4.78, 5) is 11.2. The summed E-state index contributed by atoms with van der Waals surface area (Å²) in [5.74, 6) is 0. The van der Waals surface area contributed by atoms with E-state index in [1.54, 1.807) is 12.5 Å². The zero-order valence-electron chi connectivity index (χ0n) is 5.07. The number of imidazole rings is 1. The maximum atomic E-state index is 4.08. The van der Waals surface area contributed by atoms with Gasteiger partial charge in [0.15, 0.2) is 0 Å². The molecule has 2 heterocycles. The maximum absolute atomic E-state index is 4.08. The molecule has 4 heteroatoms. The van der Waals surface area contributed by atoms with Gasteiger partial charge in [0.1, 0.15) is 0 Å². The van der Waals surface area contributed by atoms with Crippen molar-refractivity contribution in [1.29, 1.82) is 0 Å². The summed E-state index contributed by atoms with van der Waals surface area (Å²) in [7, 11) is 0. The number of fused-ring (bicyclic) bond motifs is 1. The molecule has 2 rings (SSSR count). The minimum absolute atomic E-state index is 0.909. The topological polar surface area (TPSA) is 41.6 Å². The van der Waals surface area contributed by atoms with Gasteiger partial charge in [-0.05, 0) is 0 Å². The monoisotopic (exact) mass is 193 g/mol. The Morgan fingerprint density at radius 2 is 2.30 bits per heavy atom. The van der Waals surface area contributed by atoms with Crippen molar-refractivity contribution in [2.75, 3.05) is 0 Å². The van der Waals surface area contributed by atoms with Gasteiger partial charge in [0.05, 0.1) is 0 Å². The summed E-state index contributed by atoms with van der Waals surface area (Å²) < 4.78 is 0.909. The first-order valence-corrected chi connectivity index (χ1v) is 3.79. The van der Waals surface area contributed by atoms with E-state index in [4.69, 9.17) is 0 Å². The van der Waals surface area contributed by atoms with Gasteiger partial charge in [-0.15, -0.1) is 0 Å². The van der Waals surface area contributed by atoms with E-state index >= 15 is 0 Å². The Morgan fingerprint density at radius 1 is 1.40 bits per heavy atom. The van der Waals surface area contributed by atoms with Crippen LogP contribution in [0.4, 0.5) is 0 Å². The first kappa shape index (κ1) is 5.93. The molecule has 2 aromatic rings. The molecule has 2 aromatic heterocycles. The zero-order chi connectivity index (χ0) is 6.97. The van der Waals surface area contributed by atoms with E-state index in [1.165, 1.54) is 0 Å². The van der Waals surface area contributed by atoms with E-state index < -0.39 is 0 Å². The summed E-state index contributed by atoms with van der Waals surface area (Å²) in [6, 6.07) is 1.90. The average molecular weight is 193 g/mol. The SMILES string of the molecule is [As]c1nccc2[nH]cnc12. The second-order valence-electron chi connectivity index (χ2n) is 1.93. The molecule has 10 heavy (non-hydrogen) atoms. The van der Waals surface area contributed by atoms with Gasteiger partial charge in [-0.3, -0.25) is 0 Å². The third kappa shape index (κ3) is 0.745. The molecule has 0 bridgehead atoms. The van der Waals surface area contributed by atoms with Crippen LogP contribution in [-0.2, 0) is 0 Å². The number of pyridine rings is 1. The average Bonchev–Trinajstić information content (AvgIpc) is 2.36. The molecule has 0 amide bonds. The second kappa shape index (κ2) is 2.10. The summed E-state index contributed by atoms with van der Waals surface area (Å²) in [5, 5.41) is 0. The van der Waals surface area contributed by atoms with E-state index in [1.807, 2.05) is 6.07 Å². The molecule has 0 aromatic carbocycles. The summed E-state index contributed by atoms with van der Waals surface area (Å²) in [6.45, 7) is 0. The molecule has 48 valence electrons. The normalized spacial score (nSPS) is 10.5. The fourth-order valence-electron chi connectivity index (χ4n) is 0.853. The van der Waals surface area contributed by atoms with Gasteiger partial charge in [0.2, 0.25) is 0 Å². The van der Waals surface area contributed by atoms with Crippen molar-refractivity contribution >= 4 is 32.4 Å². The Kier molecular flexibility index (Phi) is 1.24. The van der Waals surface area contributed by atoms with E-state index in [0.717, 1.165) is 15.5 Å². The van der Waals surface area contributed by atoms with Crippen LogP contribution in [0.5, 0.6) is 0 Å². The molecule has 2 radical (unpaired) electrons. The van der Waals surface area contributed by atoms with Crippen molar-refractivity contribution in [1.82, 2.24) is 15.0 Å². The molecule has 0 saturated carbocycles. The molecule has 3 nitrogen and oxygen atoms in total. The number of H-pyrrole nitrogens is 1. The molecule has 0 spiro atoms. The van der Waals surface area contributed by atoms with Crippen molar-refractivity contribution in [2.45, 2.75) is 0 Å². The first-order chi connectivity index (χ1) is 4.88. The fraction of sp³-hybridized carbons (Fsp3) is 0. The van der Waals surface area contributed by atoms with Crippen LogP contribution in [0.25, 0.3) is 11.0 Å². The van der Waals surface area contributed by atoms with Crippen LogP contribution < -0.4 is 4.48 Å². The van der Waals surface area contributed by atoms with E-state index in [0.29, 0.717) is 0 Å². The van der Waals surface area contributed by atoms with Gasteiger partial charge in [0.25, 0.3) is 0 Å². The molecule has 0 atom stereocenters. The number of aromatic nitrogens is 3. The Bertz CT molecular complexity index is 355. The predicted octanol–water partition coefficient (Wildman–Crippen LogP) is -0.248. The van der Waals surface area contributed by atoms with Crippen molar-refractivity contribution in [3.63, 3.8) is 0 Å². The van der Waals surface area contributed by atoms with Gasteiger partial charge < -0.3 is 0 Å². The molecule has 0 aliphatic rings. The number of nitrogens with one attached hydrogen (secondary N) is 1. The van der Waals surface area contributed by atoms with Gasteiger partial charge >= 0.3 is 65.9 Å². The predicted molar refractivity (Wildman–Crippen MR) is 39.3 cm³/mol. The molecular weight excluding hydrogens is 189 g/mol. The zero-order valence-corrected chi connectivity index (χ0v) is 6.95. The molecular formula is C6H4AsN3. The third-order valence-electron chi connectivity index (χ3n) is 1.32. The quantitative estimate of drug-likeness (QED) is 0.586. The fourth-order valence-corrected chi connectivity index (χ4v) is 1.37. The number of aromatic amines is 1. The Hall–Kier alpha value is -0.822. The van der Waals surface area contributed by atoms with Crippen molar-refractivity contribution in [2.24, 2.45) is 0 Å². The molecule has 0 unspecified atom stereocenters. The number of hydrogen-bond acceptors (Lipinski definition) is 2. The van der Waals surface area contributed by atoms with Gasteiger partial charge in [-0.25, -0.2) is 0 Å². The summed E-state index contributed by atoms with van der Waals surface area (Å²) >= 11 is 2.39. The van der Waals surface area contributed by atoms with Crippen molar-refractivity contribution in [3.05, 3.63) is 18.6 Å². The van der Waals surface area contributed by atoms with E-state index in [2.05, 4.69) is 31.8 Å². The van der Waals surface area contributed by atoms with Crippen LogP contribution >= 0.6 is 0 Å². The number of nitrogens with zero attached hydrogens (tertiary/aromatic N) is 2. The molecule has 0 aliphatic carbocycles. The number of rotatable bonds is 0. The summed E-state index contributed by atoms with van der Waals surface area (Å²) in [5.41, 5.74) is 1.97. The third-order valence-corrected chi connectivity index (χ3v) is 2.01. The first-order valence-electron chi connectivity index (χ1n) is 2.85. The molecule has 0 aliphatic heterocycles. The Balaban J connectivity index is 2.95. The van der Waals surface area contributed by atoms with Crippen LogP contribution in [-0.4, -0.2) is 31.8 Å². The van der Waals surface area contributed by atoms with Crippen LogP contribution in [0.3, 0.4) is 0 Å². The van der Waals surface area contributed by atoms with Crippen molar-refractivity contribution < 1.29 is 0 Å². The number of hydrogen-bond donors (Lipinski definition) is 1. The van der Waals surface area contributed by atoms with Crippen molar-refractivity contribution in [3.8, 4) is 0 Å². The summed E-state index contributed by atoms with van der Waals surface area (Å²) in [6.07, 6.45) is 3.43. The van der Waals surface area contributed by atoms with Gasteiger partial charge in [0, 0.05) is 0 Å². The van der Waals surface area contributed by atoms with Gasteiger partial charge in [-0.2, -0.15) is 0 Å². The molecule has 0 saturated heterocycles. The standard InChI is InChI=1S/C6H4AsN3/c7-6-5-4(1-2-8-6)9-3-10-5/h1-3H,(H,9,10). The minimum atomic E-state index is 0.909. The second-order valence-corrected chi connectivity index (χ2v) is 2.82. The van der Waals surface area contributed by atoms with Crippen LogP contribution in [0.1, 0.15) is 0 Å². The Morgan fingerprint density at radius 3 is 3.10 bits per heavy atom.